The number of furan rings is 1. The summed E-state index contributed by atoms with van der Waals surface area (Å²) in [4.78, 5) is 0. The Kier molecular flexibility index (Phi) is 4.66. The van der Waals surface area contributed by atoms with E-state index in [-0.39, 0.29) is 44.3 Å². The molecule has 1 N–H and O–H groups in total. The van der Waals surface area contributed by atoms with Crippen LogP contribution in [0.25, 0.3) is 0 Å². The van der Waals surface area contributed by atoms with Crippen molar-refractivity contribution in [2.75, 3.05) is 0 Å². The van der Waals surface area contributed by atoms with Crippen LogP contribution in [0.3, 0.4) is 0 Å². The minimum absolute atomic E-state index is 0. The summed E-state index contributed by atoms with van der Waals surface area (Å²) in [6, 6.07) is 3.46. The average Bonchev–Trinajstić information content (AvgIpc) is 2.14. The van der Waals surface area contributed by atoms with E-state index in [4.69, 9.17) is 9.52 Å². The normalized spacial score (nSPS) is 8.12. The Balaban J connectivity index is 0.000000490. The zero-order valence-electron chi connectivity index (χ0n) is 3.79. The van der Waals surface area contributed by atoms with E-state index >= 15 is 0 Å². The van der Waals surface area contributed by atoms with Gasteiger partial charge in [-0.15, -0.1) is 0 Å². The molecule has 0 aliphatic heterocycles. The van der Waals surface area contributed by atoms with Gasteiger partial charge < -0.3 is 9.52 Å². The topological polar surface area (TPSA) is 33.4 Å². The first-order valence-electron chi connectivity index (χ1n) is 2.06. The minimum atomic E-state index is -0.00694. The fraction of sp³-hybridized carbons (Fsp3) is 0.200. The first kappa shape index (κ1) is 8.50. The number of aliphatic hydroxyl groups is 1. The summed E-state index contributed by atoms with van der Waals surface area (Å²) in [5, 5.41) is 8.33. The second-order valence-electron chi connectivity index (χ2n) is 1.24. The molecule has 0 aromatic carbocycles. The molecule has 0 aliphatic rings. The molecule has 0 amide bonds. The van der Waals surface area contributed by atoms with E-state index in [2.05, 4.69) is 0 Å². The van der Waals surface area contributed by atoms with Crippen molar-refractivity contribution in [1.29, 1.82) is 0 Å². The molecule has 2 nitrogen and oxygen atoms in total. The van der Waals surface area contributed by atoms with E-state index in [0.717, 1.165) is 0 Å². The first-order chi connectivity index (χ1) is 3.43. The van der Waals surface area contributed by atoms with E-state index in [1.54, 1.807) is 12.1 Å². The first-order valence-corrected chi connectivity index (χ1v) is 2.06. The van der Waals surface area contributed by atoms with Crippen LogP contribution in [0, 0.1) is 0 Å². The molecule has 0 unspecified atom stereocenters. The fourth-order valence-corrected chi connectivity index (χ4v) is 0.403. The van der Waals surface area contributed by atoms with Gasteiger partial charge in [-0.1, -0.05) is 0 Å². The molecule has 0 radical (unpaired) electrons. The molecule has 3 heteroatoms. The molecule has 0 saturated carbocycles. The van der Waals surface area contributed by atoms with E-state index in [0.29, 0.717) is 5.76 Å². The van der Waals surface area contributed by atoms with Crippen LogP contribution < -0.4 is 0 Å². The van der Waals surface area contributed by atoms with Crippen LogP contribution >= 0.6 is 0 Å². The van der Waals surface area contributed by atoms with Crippen molar-refractivity contribution < 1.29 is 9.52 Å². The molecule has 0 spiro atoms. The van der Waals surface area contributed by atoms with Crippen molar-refractivity contribution in [2.45, 2.75) is 6.61 Å². The third-order valence-electron chi connectivity index (χ3n) is 0.736. The summed E-state index contributed by atoms with van der Waals surface area (Å²) in [6.45, 7) is -0.00694. The van der Waals surface area contributed by atoms with Crippen molar-refractivity contribution in [3.05, 3.63) is 24.2 Å². The van der Waals surface area contributed by atoms with E-state index in [1.807, 2.05) is 0 Å². The number of aliphatic hydroxyl groups excluding tert-OH is 1. The summed E-state index contributed by atoms with van der Waals surface area (Å²) in [7, 11) is 0. The van der Waals surface area contributed by atoms with Crippen LogP contribution in [0.1, 0.15) is 5.76 Å². The van der Waals surface area contributed by atoms with Gasteiger partial charge in [0.15, 0.2) is 0 Å². The van der Waals surface area contributed by atoms with Crippen LogP contribution in [-0.4, -0.2) is 42.8 Å². The number of hydrogen-bond donors (Lipinski definition) is 1. The van der Waals surface area contributed by atoms with Gasteiger partial charge in [0.25, 0.3) is 0 Å². The molecule has 0 aliphatic carbocycles. The van der Waals surface area contributed by atoms with Crippen LogP contribution in [-0.2, 0) is 6.61 Å². The Morgan fingerprint density at radius 1 is 1.62 bits per heavy atom. The van der Waals surface area contributed by atoms with E-state index in [1.165, 1.54) is 6.26 Å². The predicted octanol–water partition coefficient (Wildman–Crippen LogP) is -0.144. The van der Waals surface area contributed by atoms with Gasteiger partial charge in [0.2, 0.25) is 0 Å². The van der Waals surface area contributed by atoms with Crippen molar-refractivity contribution in [3.8, 4) is 0 Å². The van der Waals surface area contributed by atoms with Crippen LogP contribution in [0.5, 0.6) is 0 Å². The molecular weight excluding hydrogens is 132 g/mol. The molecule has 42 valence electrons. The third-order valence-corrected chi connectivity index (χ3v) is 0.736. The quantitative estimate of drug-likeness (QED) is 0.551. The van der Waals surface area contributed by atoms with Crippen molar-refractivity contribution >= 4 is 37.7 Å². The summed E-state index contributed by atoms with van der Waals surface area (Å²) in [6.07, 6.45) is 1.53. The summed E-state index contributed by atoms with van der Waals surface area (Å²) in [5.41, 5.74) is 0. The molecule has 1 heterocycles. The number of hydrogen-bond acceptors (Lipinski definition) is 2. The summed E-state index contributed by atoms with van der Waals surface area (Å²) in [5.74, 6) is 0.611. The molecular formula is C5H8CaO2. The summed E-state index contributed by atoms with van der Waals surface area (Å²) < 4.78 is 4.73. The molecule has 1 rings (SSSR count). The van der Waals surface area contributed by atoms with Gasteiger partial charge in [-0.05, 0) is 12.1 Å². The Hall–Kier alpha value is 0.500. The van der Waals surface area contributed by atoms with Crippen LogP contribution in [0.2, 0.25) is 0 Å². The Morgan fingerprint density at radius 2 is 2.38 bits per heavy atom. The molecule has 0 fully saturated rings. The van der Waals surface area contributed by atoms with E-state index < -0.39 is 0 Å². The maximum absolute atomic E-state index is 8.33. The zero-order valence-corrected chi connectivity index (χ0v) is 3.79. The molecule has 8 heavy (non-hydrogen) atoms. The van der Waals surface area contributed by atoms with Crippen LogP contribution in [0.4, 0.5) is 0 Å². The predicted molar refractivity (Wildman–Crippen MR) is 33.2 cm³/mol. The standard InChI is InChI=1S/C5H6O2.Ca.2H/c6-4-5-2-1-3-7-5;;;/h1-3,6H,4H2;;;. The average molecular weight is 140 g/mol. The monoisotopic (exact) mass is 140 g/mol. The van der Waals surface area contributed by atoms with Crippen molar-refractivity contribution in [2.24, 2.45) is 0 Å². The molecule has 0 bridgehead atoms. The second kappa shape index (κ2) is 4.39. The number of rotatable bonds is 1. The second-order valence-corrected chi connectivity index (χ2v) is 1.24. The van der Waals surface area contributed by atoms with Gasteiger partial charge in [-0.3, -0.25) is 0 Å². The van der Waals surface area contributed by atoms with E-state index in [9.17, 15) is 0 Å². The Morgan fingerprint density at radius 3 is 2.62 bits per heavy atom. The molecule has 1 aromatic rings. The van der Waals surface area contributed by atoms with Gasteiger partial charge in [0, 0.05) is 0 Å². The van der Waals surface area contributed by atoms with Gasteiger partial charge in [-0.25, -0.2) is 0 Å². The van der Waals surface area contributed by atoms with Gasteiger partial charge >= 0.3 is 37.7 Å². The van der Waals surface area contributed by atoms with Gasteiger partial charge in [0.05, 0.1) is 6.26 Å². The third kappa shape index (κ3) is 2.18. The Labute approximate surface area is 77.5 Å². The summed E-state index contributed by atoms with van der Waals surface area (Å²) >= 11 is 0. The fourth-order valence-electron chi connectivity index (χ4n) is 0.403. The zero-order chi connectivity index (χ0) is 5.11. The van der Waals surface area contributed by atoms with Crippen molar-refractivity contribution in [3.63, 3.8) is 0 Å². The Bertz CT molecular complexity index is 125. The SMILES string of the molecule is OCc1ccco1.[CaH2]. The van der Waals surface area contributed by atoms with Gasteiger partial charge in [-0.2, -0.15) is 0 Å². The molecule has 0 saturated heterocycles. The van der Waals surface area contributed by atoms with Crippen molar-refractivity contribution in [1.82, 2.24) is 0 Å². The van der Waals surface area contributed by atoms with Crippen LogP contribution in [0.15, 0.2) is 22.8 Å². The molecule has 1 aromatic heterocycles. The maximum atomic E-state index is 8.33. The molecule has 0 atom stereocenters. The van der Waals surface area contributed by atoms with Gasteiger partial charge in [0.1, 0.15) is 12.4 Å².